The minimum absolute atomic E-state index is 0.289. The molecule has 8 heteroatoms. The van der Waals surface area contributed by atoms with Crippen LogP contribution in [-0.2, 0) is 9.53 Å². The van der Waals surface area contributed by atoms with Gasteiger partial charge in [-0.2, -0.15) is 4.98 Å². The Morgan fingerprint density at radius 2 is 1.75 bits per heavy atom. The van der Waals surface area contributed by atoms with E-state index in [4.69, 9.17) is 9.72 Å². The molecule has 28 heavy (non-hydrogen) atoms. The van der Waals surface area contributed by atoms with Gasteiger partial charge in [0, 0.05) is 58.6 Å². The lowest BCUT2D eigenvalue weighted by molar-refractivity contribution is -0.133. The van der Waals surface area contributed by atoms with E-state index in [1.807, 2.05) is 17.2 Å². The van der Waals surface area contributed by atoms with E-state index in [1.54, 1.807) is 0 Å². The summed E-state index contributed by atoms with van der Waals surface area (Å²) in [4.78, 5) is 30.6. The third-order valence-electron chi connectivity index (χ3n) is 6.11. The summed E-state index contributed by atoms with van der Waals surface area (Å²) in [5, 5.41) is 0. The van der Waals surface area contributed by atoms with Crippen LogP contribution < -0.4 is 9.80 Å². The molecule has 3 fully saturated rings. The van der Waals surface area contributed by atoms with Gasteiger partial charge in [0.15, 0.2) is 0 Å². The van der Waals surface area contributed by atoms with Crippen LogP contribution in [0, 0.1) is 5.92 Å². The molecule has 1 aromatic heterocycles. The number of rotatable bonds is 4. The zero-order valence-electron chi connectivity index (χ0n) is 16.9. The molecule has 0 aromatic carbocycles. The highest BCUT2D eigenvalue weighted by Gasteiger charge is 2.25. The average Bonchev–Trinajstić information content (AvgIpc) is 2.75. The van der Waals surface area contributed by atoms with Crippen molar-refractivity contribution in [2.75, 3.05) is 81.9 Å². The van der Waals surface area contributed by atoms with Crippen LogP contribution >= 0.6 is 0 Å². The summed E-state index contributed by atoms with van der Waals surface area (Å²) in [6.07, 6.45) is 4.12. The van der Waals surface area contributed by atoms with Crippen LogP contribution in [0.15, 0.2) is 12.3 Å². The molecule has 0 radical (unpaired) electrons. The topological polar surface area (TPSA) is 65.0 Å². The highest BCUT2D eigenvalue weighted by molar-refractivity contribution is 5.78. The van der Waals surface area contributed by atoms with Crippen molar-refractivity contribution in [3.8, 4) is 0 Å². The van der Waals surface area contributed by atoms with Crippen molar-refractivity contribution in [3.63, 3.8) is 0 Å². The van der Waals surface area contributed by atoms with Crippen molar-refractivity contribution in [1.82, 2.24) is 19.8 Å². The summed E-state index contributed by atoms with van der Waals surface area (Å²) in [5.74, 6) is 2.81. The molecule has 3 aliphatic rings. The van der Waals surface area contributed by atoms with E-state index in [-0.39, 0.29) is 5.91 Å². The van der Waals surface area contributed by atoms with E-state index in [0.29, 0.717) is 6.54 Å². The number of anilines is 2. The third-order valence-corrected chi connectivity index (χ3v) is 6.11. The molecule has 1 amide bonds. The Hall–Kier alpha value is -1.93. The number of piperidine rings is 1. The fourth-order valence-electron chi connectivity index (χ4n) is 4.12. The van der Waals surface area contributed by atoms with E-state index in [2.05, 4.69) is 26.6 Å². The van der Waals surface area contributed by atoms with Gasteiger partial charge in [-0.05, 0) is 24.8 Å². The van der Waals surface area contributed by atoms with Gasteiger partial charge in [-0.25, -0.2) is 4.98 Å². The quantitative estimate of drug-likeness (QED) is 0.752. The number of likely N-dealkylation sites (tertiary alicyclic amines) is 1. The monoisotopic (exact) mass is 388 g/mol. The summed E-state index contributed by atoms with van der Waals surface area (Å²) in [5.41, 5.74) is 0. The number of carbonyl (C=O) groups excluding carboxylic acids is 1. The predicted molar refractivity (Wildman–Crippen MR) is 109 cm³/mol. The molecule has 0 unspecified atom stereocenters. The fourth-order valence-corrected chi connectivity index (χ4v) is 4.12. The zero-order chi connectivity index (χ0) is 19.3. The summed E-state index contributed by atoms with van der Waals surface area (Å²) in [6, 6.07) is 1.99. The molecular weight excluding hydrogens is 356 g/mol. The molecule has 154 valence electrons. The molecule has 4 heterocycles. The number of aromatic nitrogens is 2. The predicted octanol–water partition coefficient (Wildman–Crippen LogP) is 0.694. The summed E-state index contributed by atoms with van der Waals surface area (Å²) in [6.45, 7) is 11.4. The molecule has 3 aliphatic heterocycles. The molecule has 0 N–H and O–H groups in total. The Morgan fingerprint density at radius 1 is 1.04 bits per heavy atom. The number of amides is 1. The number of piperazine rings is 1. The Morgan fingerprint density at radius 3 is 2.46 bits per heavy atom. The van der Waals surface area contributed by atoms with Gasteiger partial charge in [-0.1, -0.05) is 6.92 Å². The molecule has 0 atom stereocenters. The Balaban J connectivity index is 1.27. The van der Waals surface area contributed by atoms with E-state index >= 15 is 0 Å². The van der Waals surface area contributed by atoms with Crippen molar-refractivity contribution in [1.29, 1.82) is 0 Å². The molecule has 8 nitrogen and oxygen atoms in total. The minimum Gasteiger partial charge on any atom is -0.378 e. The first-order chi connectivity index (χ1) is 13.7. The second-order valence-electron chi connectivity index (χ2n) is 8.14. The standard InChI is InChI=1S/C20H32N6O2/c1-17-3-6-25(7-4-17)19(27)16-23-8-10-24(11-9-23)18-2-5-21-20(22-18)26-12-14-28-15-13-26/h2,5,17H,3-4,6-16H2,1H3. The Kier molecular flexibility index (Phi) is 6.26. The molecule has 0 aliphatic carbocycles. The van der Waals surface area contributed by atoms with Gasteiger partial charge >= 0.3 is 0 Å². The maximum atomic E-state index is 12.6. The lowest BCUT2D eigenvalue weighted by Gasteiger charge is -2.37. The molecule has 0 saturated carbocycles. The SMILES string of the molecule is CC1CCN(C(=O)CN2CCN(c3ccnc(N4CCOCC4)n3)CC2)CC1. The van der Waals surface area contributed by atoms with Gasteiger partial charge < -0.3 is 19.4 Å². The number of carbonyl (C=O) groups is 1. The fraction of sp³-hybridized carbons (Fsp3) is 0.750. The van der Waals surface area contributed by atoms with Gasteiger partial charge in [0.05, 0.1) is 19.8 Å². The largest absolute Gasteiger partial charge is 0.378 e. The van der Waals surface area contributed by atoms with Gasteiger partial charge in [-0.15, -0.1) is 0 Å². The van der Waals surface area contributed by atoms with Crippen molar-refractivity contribution in [3.05, 3.63) is 12.3 Å². The summed E-state index contributed by atoms with van der Waals surface area (Å²) in [7, 11) is 0. The number of ether oxygens (including phenoxy) is 1. The van der Waals surface area contributed by atoms with Crippen molar-refractivity contribution in [2.24, 2.45) is 5.92 Å². The molecule has 3 saturated heterocycles. The minimum atomic E-state index is 0.289. The first-order valence-corrected chi connectivity index (χ1v) is 10.6. The number of morpholine rings is 1. The molecule has 4 rings (SSSR count). The molecule has 1 aromatic rings. The lowest BCUT2D eigenvalue weighted by Crippen LogP contribution is -2.51. The zero-order valence-corrected chi connectivity index (χ0v) is 16.9. The normalized spacial score (nSPS) is 22.5. The molecular formula is C20H32N6O2. The van der Waals surface area contributed by atoms with Crippen LogP contribution in [0.4, 0.5) is 11.8 Å². The van der Waals surface area contributed by atoms with Crippen LogP contribution in [0.2, 0.25) is 0 Å². The third kappa shape index (κ3) is 4.72. The van der Waals surface area contributed by atoms with Crippen molar-refractivity contribution >= 4 is 17.7 Å². The van der Waals surface area contributed by atoms with Crippen molar-refractivity contribution in [2.45, 2.75) is 19.8 Å². The second-order valence-corrected chi connectivity index (χ2v) is 8.14. The summed E-state index contributed by atoms with van der Waals surface area (Å²) >= 11 is 0. The van der Waals surface area contributed by atoms with E-state index < -0.39 is 0 Å². The lowest BCUT2D eigenvalue weighted by atomic mass is 9.99. The van der Waals surface area contributed by atoms with Crippen LogP contribution in [0.1, 0.15) is 19.8 Å². The Bertz CT molecular complexity index is 650. The first kappa shape index (κ1) is 19.4. The average molecular weight is 389 g/mol. The van der Waals surface area contributed by atoms with Gasteiger partial charge in [0.1, 0.15) is 5.82 Å². The van der Waals surface area contributed by atoms with Gasteiger partial charge in [0.2, 0.25) is 11.9 Å². The number of hydrogen-bond donors (Lipinski definition) is 0. The van der Waals surface area contributed by atoms with E-state index in [1.165, 1.54) is 0 Å². The smallest absolute Gasteiger partial charge is 0.236 e. The molecule has 0 spiro atoms. The first-order valence-electron chi connectivity index (χ1n) is 10.6. The molecule has 0 bridgehead atoms. The van der Waals surface area contributed by atoms with E-state index in [0.717, 1.165) is 96.1 Å². The highest BCUT2D eigenvalue weighted by Crippen LogP contribution is 2.19. The Labute approximate surface area is 167 Å². The maximum Gasteiger partial charge on any atom is 0.236 e. The number of hydrogen-bond acceptors (Lipinski definition) is 7. The van der Waals surface area contributed by atoms with Gasteiger partial charge in [-0.3, -0.25) is 9.69 Å². The van der Waals surface area contributed by atoms with Crippen molar-refractivity contribution < 1.29 is 9.53 Å². The van der Waals surface area contributed by atoms with Crippen LogP contribution in [0.25, 0.3) is 0 Å². The highest BCUT2D eigenvalue weighted by atomic mass is 16.5. The second kappa shape index (κ2) is 9.05. The van der Waals surface area contributed by atoms with Crippen LogP contribution in [0.3, 0.4) is 0 Å². The van der Waals surface area contributed by atoms with Gasteiger partial charge in [0.25, 0.3) is 0 Å². The number of nitrogens with zero attached hydrogens (tertiary/aromatic N) is 6. The van der Waals surface area contributed by atoms with Crippen LogP contribution in [0.5, 0.6) is 0 Å². The van der Waals surface area contributed by atoms with E-state index in [9.17, 15) is 4.79 Å². The van der Waals surface area contributed by atoms with Crippen LogP contribution in [-0.4, -0.2) is 97.8 Å². The summed E-state index contributed by atoms with van der Waals surface area (Å²) < 4.78 is 5.42. The maximum absolute atomic E-state index is 12.6.